The van der Waals surface area contributed by atoms with Crippen molar-refractivity contribution in [1.29, 1.82) is 0 Å². The molecule has 1 aliphatic carbocycles. The minimum absolute atomic E-state index is 0. The molecule has 1 aliphatic heterocycles. The Balaban J connectivity index is 0.00000420. The van der Waals surface area contributed by atoms with Gasteiger partial charge in [0.25, 0.3) is 0 Å². The first-order chi connectivity index (χ1) is 28.1. The number of aromatic nitrogens is 4. The Bertz CT molecular complexity index is 3100. The summed E-state index contributed by atoms with van der Waals surface area (Å²) in [5.41, 5.74) is 14.0. The number of rotatable bonds is 5. The molecule has 294 valence electrons. The van der Waals surface area contributed by atoms with Crippen molar-refractivity contribution in [3.8, 4) is 23.0 Å². The van der Waals surface area contributed by atoms with Crippen LogP contribution in [0.15, 0.2) is 128 Å². The van der Waals surface area contributed by atoms with Gasteiger partial charge in [0.05, 0.1) is 18.1 Å². The van der Waals surface area contributed by atoms with Gasteiger partial charge in [0.1, 0.15) is 5.82 Å². The fourth-order valence-corrected chi connectivity index (χ4v) is 10.1. The molecule has 11 rings (SSSR count). The number of nitrogens with zero attached hydrogens (tertiary/aromatic N) is 6. The van der Waals surface area contributed by atoms with Gasteiger partial charge in [-0.15, -0.1) is 35.2 Å². The van der Waals surface area contributed by atoms with E-state index in [1.54, 1.807) is 0 Å². The molecule has 0 bridgehead atoms. The van der Waals surface area contributed by atoms with Gasteiger partial charge in [-0.25, -0.2) is 4.98 Å². The van der Waals surface area contributed by atoms with E-state index in [1.807, 2.05) is 30.5 Å². The fourth-order valence-electron chi connectivity index (χ4n) is 10.1. The molecule has 8 heteroatoms. The van der Waals surface area contributed by atoms with Crippen molar-refractivity contribution in [1.82, 2.24) is 14.1 Å². The van der Waals surface area contributed by atoms with Gasteiger partial charge in [0.2, 0.25) is 6.33 Å². The Hall–Kier alpha value is -6.17. The van der Waals surface area contributed by atoms with E-state index in [0.29, 0.717) is 11.5 Å². The number of benzene rings is 6. The topological polar surface area (TPSA) is 42.3 Å². The van der Waals surface area contributed by atoms with E-state index in [4.69, 9.17) is 9.72 Å². The molecule has 1 spiro atoms. The number of fused-ring (bicyclic) bond motifs is 11. The molecule has 7 nitrogen and oxygen atoms in total. The van der Waals surface area contributed by atoms with E-state index >= 15 is 0 Å². The van der Waals surface area contributed by atoms with E-state index in [9.17, 15) is 0 Å². The van der Waals surface area contributed by atoms with Crippen molar-refractivity contribution in [2.75, 3.05) is 38.0 Å². The smallest absolute Gasteiger partial charge is 0.242 e. The van der Waals surface area contributed by atoms with Gasteiger partial charge in [-0.3, -0.25) is 0 Å². The van der Waals surface area contributed by atoms with Crippen LogP contribution in [0.4, 0.5) is 11.4 Å². The zero-order valence-electron chi connectivity index (χ0n) is 34.0. The number of ether oxygens (including phenoxy) is 1. The first-order valence-corrected chi connectivity index (χ1v) is 19.8. The Morgan fingerprint density at radius 3 is 1.98 bits per heavy atom. The first kappa shape index (κ1) is 37.1. The molecule has 2 aliphatic rings. The molecule has 6 aromatic carbocycles. The van der Waals surface area contributed by atoms with Crippen molar-refractivity contribution in [2.45, 2.75) is 24.7 Å². The standard InChI is InChI=1S/C51H42N6O.Pt/c1-50(2)37-16-12-20-41(53(3)4)47(37)51(48-38(50)17-13-21-42(48)54(5)6)36-27-25-33(30-45(36)56-31-55(7)43-22-14-18-39(51)49(43)56)58-32-24-26-35-34-15-8-9-19-40(34)57(44(35)29-32)46-23-10-11-28-52-46;/h8-28H,1-7H3;/q-2;. The molecule has 0 radical (unpaired) electrons. The molecule has 0 N–H and O–H groups in total. The third kappa shape index (κ3) is 4.98. The van der Waals surface area contributed by atoms with Crippen LogP contribution in [-0.4, -0.2) is 42.3 Å². The van der Waals surface area contributed by atoms with Crippen LogP contribution < -0.4 is 19.1 Å². The zero-order valence-corrected chi connectivity index (χ0v) is 36.3. The number of anilines is 2. The van der Waals surface area contributed by atoms with Crippen LogP contribution in [0.3, 0.4) is 0 Å². The van der Waals surface area contributed by atoms with E-state index in [-0.39, 0.29) is 26.5 Å². The Morgan fingerprint density at radius 1 is 0.644 bits per heavy atom. The van der Waals surface area contributed by atoms with E-state index in [2.05, 4.69) is 188 Å². The van der Waals surface area contributed by atoms with Crippen molar-refractivity contribution < 1.29 is 30.4 Å². The summed E-state index contributed by atoms with van der Waals surface area (Å²) in [5, 5.41) is 2.23. The van der Waals surface area contributed by atoms with Crippen LogP contribution in [0.1, 0.15) is 47.2 Å². The quantitative estimate of drug-likeness (QED) is 0.128. The van der Waals surface area contributed by atoms with Crippen LogP contribution in [0.2, 0.25) is 0 Å². The van der Waals surface area contributed by atoms with Crippen molar-refractivity contribution in [3.63, 3.8) is 0 Å². The number of imidazole rings is 1. The number of pyridine rings is 1. The molecule has 0 amide bonds. The fraction of sp³-hybridized carbons (Fsp3) is 0.176. The average molecular weight is 950 g/mol. The number of para-hydroxylation sites is 2. The predicted molar refractivity (Wildman–Crippen MR) is 232 cm³/mol. The zero-order chi connectivity index (χ0) is 39.7. The minimum atomic E-state index is -0.713. The van der Waals surface area contributed by atoms with Gasteiger partial charge < -0.3 is 28.2 Å². The third-order valence-electron chi connectivity index (χ3n) is 12.6. The average Bonchev–Trinajstić information content (AvgIpc) is 3.75. The summed E-state index contributed by atoms with van der Waals surface area (Å²) < 4.78 is 13.3. The molecule has 4 heterocycles. The van der Waals surface area contributed by atoms with Crippen molar-refractivity contribution in [3.05, 3.63) is 179 Å². The summed E-state index contributed by atoms with van der Waals surface area (Å²) in [6.07, 6.45) is 5.50. The largest absolute Gasteiger partial charge is 0.510 e. The van der Waals surface area contributed by atoms with Crippen molar-refractivity contribution >= 4 is 44.2 Å². The maximum Gasteiger partial charge on any atom is 0.242 e. The normalized spacial score (nSPS) is 14.2. The summed E-state index contributed by atoms with van der Waals surface area (Å²) in [4.78, 5) is 9.27. The van der Waals surface area contributed by atoms with Crippen LogP contribution in [0.25, 0.3) is 44.3 Å². The van der Waals surface area contributed by atoms with Gasteiger partial charge in [0.15, 0.2) is 0 Å². The third-order valence-corrected chi connectivity index (χ3v) is 12.6. The molecule has 0 saturated carbocycles. The van der Waals surface area contributed by atoms with E-state index in [1.165, 1.54) is 39.2 Å². The summed E-state index contributed by atoms with van der Waals surface area (Å²) in [7, 11) is 10.7. The molecule has 59 heavy (non-hydrogen) atoms. The summed E-state index contributed by atoms with van der Waals surface area (Å²) >= 11 is 0. The molecule has 0 fully saturated rings. The van der Waals surface area contributed by atoms with Gasteiger partial charge in [0, 0.05) is 94.7 Å². The molecular weight excluding hydrogens is 908 g/mol. The number of hydrogen-bond donors (Lipinski definition) is 0. The molecular formula is C51H42N6OPt-2. The first-order valence-electron chi connectivity index (χ1n) is 19.8. The van der Waals surface area contributed by atoms with Crippen LogP contribution in [0.5, 0.6) is 11.5 Å². The summed E-state index contributed by atoms with van der Waals surface area (Å²) in [6, 6.07) is 50.7. The maximum absolute atomic E-state index is 6.81. The predicted octanol–water partition coefficient (Wildman–Crippen LogP) is 9.60. The van der Waals surface area contributed by atoms with E-state index < -0.39 is 5.41 Å². The van der Waals surface area contributed by atoms with Gasteiger partial charge >= 0.3 is 0 Å². The molecule has 9 aromatic rings. The second kappa shape index (κ2) is 13.2. The monoisotopic (exact) mass is 949 g/mol. The summed E-state index contributed by atoms with van der Waals surface area (Å²) in [5.74, 6) is 2.03. The minimum Gasteiger partial charge on any atom is -0.510 e. The Labute approximate surface area is 359 Å². The SMILES string of the molecule is CN(C)c1cccc2c1C1(c3ccc(Oc4[c-]c5c(cc4)c4ccccc4n5-c4ccccn4)[c-]c3-n3[c-][n+](C)c4cccc1c43)c1c(N(C)C)cccc1C2(C)C.[Pt]. The second-order valence-electron chi connectivity index (χ2n) is 16.5. The van der Waals surface area contributed by atoms with E-state index in [0.717, 1.165) is 49.9 Å². The molecule has 0 saturated heterocycles. The maximum atomic E-state index is 6.81. The molecule has 0 unspecified atom stereocenters. The van der Waals surface area contributed by atoms with Gasteiger partial charge in [-0.05, 0) is 63.5 Å². The van der Waals surface area contributed by atoms with Crippen LogP contribution in [-0.2, 0) is 38.9 Å². The number of hydrogen-bond acceptors (Lipinski definition) is 4. The Morgan fingerprint density at radius 2 is 1.29 bits per heavy atom. The van der Waals surface area contributed by atoms with Gasteiger partial charge in [-0.2, -0.15) is 12.1 Å². The number of aryl methyl sites for hydroxylation is 1. The Kier molecular flexibility index (Phi) is 8.29. The van der Waals surface area contributed by atoms with Crippen molar-refractivity contribution in [2.24, 2.45) is 7.05 Å². The summed E-state index contributed by atoms with van der Waals surface area (Å²) in [6.45, 7) is 4.75. The van der Waals surface area contributed by atoms with Crippen LogP contribution >= 0.6 is 0 Å². The van der Waals surface area contributed by atoms with Gasteiger partial charge in [-0.1, -0.05) is 91.8 Å². The van der Waals surface area contributed by atoms with Crippen LogP contribution in [0, 0.1) is 18.5 Å². The molecule has 3 aromatic heterocycles. The molecule has 0 atom stereocenters. The second-order valence-corrected chi connectivity index (χ2v) is 16.5.